The number of oxime groups is 1. The normalized spacial score (nSPS) is 11.6. The van der Waals surface area contributed by atoms with Crippen molar-refractivity contribution in [3.05, 3.63) is 76.5 Å². The fourth-order valence-electron chi connectivity index (χ4n) is 2.63. The van der Waals surface area contributed by atoms with Crippen molar-refractivity contribution in [2.45, 2.75) is 27.4 Å². The molecule has 0 spiro atoms. The first kappa shape index (κ1) is 17.6. The predicted molar refractivity (Wildman–Crippen MR) is 95.1 cm³/mol. The molecule has 1 aromatic carbocycles. The summed E-state index contributed by atoms with van der Waals surface area (Å²) in [6.07, 6.45) is 0. The van der Waals surface area contributed by atoms with Gasteiger partial charge >= 0.3 is 0 Å². The van der Waals surface area contributed by atoms with Gasteiger partial charge in [0.05, 0.1) is 11.3 Å². The summed E-state index contributed by atoms with van der Waals surface area (Å²) < 4.78 is 21.1. The highest BCUT2D eigenvalue weighted by molar-refractivity contribution is 6.01. The number of halogens is 1. The zero-order chi connectivity index (χ0) is 18.7. The van der Waals surface area contributed by atoms with Crippen molar-refractivity contribution in [2.24, 2.45) is 5.16 Å². The maximum atomic E-state index is 13.8. The number of nitrogens with zero attached hydrogens (tertiary/aromatic N) is 4. The van der Waals surface area contributed by atoms with Crippen LogP contribution in [0, 0.1) is 26.6 Å². The second-order valence-electron chi connectivity index (χ2n) is 5.95. The smallest absolute Gasteiger partial charge is 0.225 e. The Labute approximate surface area is 150 Å². The van der Waals surface area contributed by atoms with Gasteiger partial charge in [0.2, 0.25) is 11.7 Å². The van der Waals surface area contributed by atoms with E-state index in [2.05, 4.69) is 15.2 Å². The average Bonchev–Trinajstić information content (AvgIpc) is 2.94. The molecule has 0 radical (unpaired) electrons. The third-order valence-electron chi connectivity index (χ3n) is 3.87. The van der Waals surface area contributed by atoms with Crippen molar-refractivity contribution in [1.29, 1.82) is 0 Å². The van der Waals surface area contributed by atoms with Crippen molar-refractivity contribution < 1.29 is 14.3 Å². The predicted octanol–water partition coefficient (Wildman–Crippen LogP) is 3.61. The van der Waals surface area contributed by atoms with E-state index in [-0.39, 0.29) is 24.1 Å². The molecule has 1 N–H and O–H groups in total. The van der Waals surface area contributed by atoms with Gasteiger partial charge in [0.1, 0.15) is 12.4 Å². The van der Waals surface area contributed by atoms with Crippen molar-refractivity contribution in [2.75, 3.05) is 0 Å². The minimum atomic E-state index is -0.351. The summed E-state index contributed by atoms with van der Waals surface area (Å²) in [4.78, 5) is 4.37. The number of hydrogen-bond acceptors (Lipinski definition) is 5. The summed E-state index contributed by atoms with van der Waals surface area (Å²) in [7, 11) is 0. The van der Waals surface area contributed by atoms with Gasteiger partial charge in [-0.2, -0.15) is 5.10 Å². The van der Waals surface area contributed by atoms with Crippen LogP contribution in [0.15, 0.2) is 47.6 Å². The quantitative estimate of drug-likeness (QED) is 0.336. The van der Waals surface area contributed by atoms with Crippen LogP contribution in [0.25, 0.3) is 0 Å². The number of benzene rings is 1. The Morgan fingerprint density at radius 2 is 1.92 bits per heavy atom. The molecule has 3 aromatic rings. The van der Waals surface area contributed by atoms with Crippen LogP contribution >= 0.6 is 0 Å². The summed E-state index contributed by atoms with van der Waals surface area (Å²) in [5, 5.41) is 17.3. The summed E-state index contributed by atoms with van der Waals surface area (Å²) in [5.74, 6) is 0.0801. The summed E-state index contributed by atoms with van der Waals surface area (Å²) in [6.45, 7) is 5.53. The number of ether oxygens (including phenoxy) is 1. The van der Waals surface area contributed by atoms with E-state index < -0.39 is 0 Å². The van der Waals surface area contributed by atoms with Gasteiger partial charge in [-0.05, 0) is 45.0 Å². The first-order valence-corrected chi connectivity index (χ1v) is 8.09. The number of aromatic nitrogens is 3. The fraction of sp³-hybridized carbons (Fsp3) is 0.211. The Morgan fingerprint density at radius 1 is 1.15 bits per heavy atom. The zero-order valence-corrected chi connectivity index (χ0v) is 14.8. The van der Waals surface area contributed by atoms with Crippen LogP contribution in [-0.4, -0.2) is 25.8 Å². The second kappa shape index (κ2) is 7.35. The number of rotatable bonds is 4. The van der Waals surface area contributed by atoms with E-state index in [4.69, 9.17) is 4.74 Å². The molecular formula is C19H19FN4O2. The number of pyridine rings is 1. The van der Waals surface area contributed by atoms with Crippen molar-refractivity contribution in [3.8, 4) is 5.88 Å². The van der Waals surface area contributed by atoms with E-state index in [1.54, 1.807) is 30.3 Å². The molecule has 3 rings (SSSR count). The number of aryl methyl sites for hydroxylation is 3. The maximum absolute atomic E-state index is 13.8. The molecule has 7 heteroatoms. The van der Waals surface area contributed by atoms with Crippen LogP contribution in [0.3, 0.4) is 0 Å². The minimum absolute atomic E-state index is 0.00591. The molecule has 0 saturated heterocycles. The zero-order valence-electron chi connectivity index (χ0n) is 14.8. The van der Waals surface area contributed by atoms with Crippen LogP contribution in [0.1, 0.15) is 28.2 Å². The summed E-state index contributed by atoms with van der Waals surface area (Å²) in [5.41, 5.74) is 3.19. The highest BCUT2D eigenvalue weighted by Crippen LogP contribution is 2.21. The highest BCUT2D eigenvalue weighted by Gasteiger charge is 2.18. The van der Waals surface area contributed by atoms with E-state index in [1.807, 2.05) is 26.8 Å². The van der Waals surface area contributed by atoms with Gasteiger partial charge in [-0.15, -0.1) is 0 Å². The Kier molecular flexibility index (Phi) is 4.97. The molecule has 0 bridgehead atoms. The van der Waals surface area contributed by atoms with Gasteiger partial charge in [0.25, 0.3) is 0 Å². The Morgan fingerprint density at radius 3 is 2.58 bits per heavy atom. The van der Waals surface area contributed by atoms with Crippen molar-refractivity contribution in [3.63, 3.8) is 0 Å². The van der Waals surface area contributed by atoms with Crippen LogP contribution in [0.5, 0.6) is 5.88 Å². The third kappa shape index (κ3) is 3.56. The van der Waals surface area contributed by atoms with E-state index in [9.17, 15) is 9.60 Å². The van der Waals surface area contributed by atoms with E-state index in [1.165, 1.54) is 10.7 Å². The fourth-order valence-corrected chi connectivity index (χ4v) is 2.63. The highest BCUT2D eigenvalue weighted by atomic mass is 19.1. The topological polar surface area (TPSA) is 72.5 Å². The van der Waals surface area contributed by atoms with Gasteiger partial charge < -0.3 is 9.94 Å². The van der Waals surface area contributed by atoms with E-state index >= 15 is 0 Å². The largest absolute Gasteiger partial charge is 0.472 e. The SMILES string of the molecule is Cc1ccc(/C(=N/O)n2nc(C)cc2C)c(OCc2ccccc2F)n1. The Hall–Kier alpha value is -3.22. The van der Waals surface area contributed by atoms with Gasteiger partial charge in [0, 0.05) is 17.0 Å². The van der Waals surface area contributed by atoms with Gasteiger partial charge in [-0.25, -0.2) is 14.1 Å². The number of hydrogen-bond donors (Lipinski definition) is 1. The summed E-state index contributed by atoms with van der Waals surface area (Å²) >= 11 is 0. The lowest BCUT2D eigenvalue weighted by Gasteiger charge is -2.13. The van der Waals surface area contributed by atoms with Crippen molar-refractivity contribution in [1.82, 2.24) is 14.8 Å². The lowest BCUT2D eigenvalue weighted by Crippen LogP contribution is -2.19. The molecule has 26 heavy (non-hydrogen) atoms. The molecule has 0 unspecified atom stereocenters. The second-order valence-corrected chi connectivity index (χ2v) is 5.95. The maximum Gasteiger partial charge on any atom is 0.225 e. The molecule has 2 heterocycles. The van der Waals surface area contributed by atoms with Crippen LogP contribution in [0.4, 0.5) is 4.39 Å². The van der Waals surface area contributed by atoms with Gasteiger partial charge in [0.15, 0.2) is 0 Å². The average molecular weight is 354 g/mol. The molecule has 2 aromatic heterocycles. The molecule has 0 amide bonds. The summed E-state index contributed by atoms with van der Waals surface area (Å²) in [6, 6.07) is 11.8. The third-order valence-corrected chi connectivity index (χ3v) is 3.87. The van der Waals surface area contributed by atoms with Crippen LogP contribution in [-0.2, 0) is 6.61 Å². The molecule has 0 fully saturated rings. The molecule has 0 aliphatic carbocycles. The Balaban J connectivity index is 1.97. The lowest BCUT2D eigenvalue weighted by molar-refractivity contribution is 0.285. The molecule has 0 aliphatic rings. The van der Waals surface area contributed by atoms with Crippen LogP contribution in [0.2, 0.25) is 0 Å². The molecule has 6 nitrogen and oxygen atoms in total. The van der Waals surface area contributed by atoms with Gasteiger partial charge in [-0.1, -0.05) is 23.4 Å². The van der Waals surface area contributed by atoms with Crippen molar-refractivity contribution >= 4 is 5.84 Å². The molecule has 0 saturated carbocycles. The first-order valence-electron chi connectivity index (χ1n) is 8.09. The minimum Gasteiger partial charge on any atom is -0.472 e. The lowest BCUT2D eigenvalue weighted by atomic mass is 10.2. The van der Waals surface area contributed by atoms with Crippen LogP contribution < -0.4 is 4.74 Å². The van der Waals surface area contributed by atoms with E-state index in [0.29, 0.717) is 11.1 Å². The molecule has 134 valence electrons. The monoisotopic (exact) mass is 354 g/mol. The van der Waals surface area contributed by atoms with Gasteiger partial charge in [-0.3, -0.25) is 0 Å². The molecule has 0 atom stereocenters. The van der Waals surface area contributed by atoms with E-state index in [0.717, 1.165) is 17.1 Å². The molecular weight excluding hydrogens is 335 g/mol. The molecule has 0 aliphatic heterocycles. The Bertz CT molecular complexity index is 966. The standard InChI is InChI=1S/C19H19FN4O2/c1-12-8-9-16(18(23-25)24-14(3)10-13(2)22-24)19(21-12)26-11-15-6-4-5-7-17(15)20/h4-10,25H,11H2,1-3H3/b23-18-. The first-order chi connectivity index (χ1) is 12.5.